The first kappa shape index (κ1) is 14.7. The molecule has 0 aliphatic heterocycles. The van der Waals surface area contributed by atoms with Crippen molar-refractivity contribution in [2.45, 2.75) is 13.0 Å². The highest BCUT2D eigenvalue weighted by molar-refractivity contribution is 9.10. The molecule has 1 N–H and O–H groups in total. The highest BCUT2D eigenvalue weighted by Crippen LogP contribution is 2.33. The molecule has 0 spiro atoms. The summed E-state index contributed by atoms with van der Waals surface area (Å²) < 4.78 is 14.6. The monoisotopic (exact) mass is 338 g/mol. The van der Waals surface area contributed by atoms with E-state index in [1.54, 1.807) is 19.2 Å². The van der Waals surface area contributed by atoms with Gasteiger partial charge in [0.25, 0.3) is 0 Å². The fourth-order valence-electron chi connectivity index (χ4n) is 1.99. The van der Waals surface area contributed by atoms with Gasteiger partial charge in [-0.05, 0) is 28.9 Å². The smallest absolute Gasteiger partial charge is 0.148 e. The topological polar surface area (TPSA) is 41.1 Å². The molecule has 0 aliphatic rings. The first-order valence-electron chi connectivity index (χ1n) is 6.21. The molecule has 6 heteroatoms. The Morgan fingerprint density at radius 1 is 1.30 bits per heavy atom. The minimum Gasteiger partial charge on any atom is -0.372 e. The second kappa shape index (κ2) is 6.17. The Morgan fingerprint density at radius 2 is 2.00 bits per heavy atom. The van der Waals surface area contributed by atoms with Crippen molar-refractivity contribution >= 4 is 27.6 Å². The van der Waals surface area contributed by atoms with Gasteiger partial charge in [-0.25, -0.2) is 14.4 Å². The predicted octanol–water partition coefficient (Wildman–Crippen LogP) is 3.62. The molecule has 106 valence electrons. The number of aromatic nitrogens is 2. The molecular formula is C14H16BrFN4. The molecule has 1 unspecified atom stereocenters. The van der Waals surface area contributed by atoms with Crippen LogP contribution < -0.4 is 10.2 Å². The van der Waals surface area contributed by atoms with Crippen molar-refractivity contribution < 1.29 is 4.39 Å². The number of nitrogens with zero attached hydrogens (tertiary/aromatic N) is 3. The van der Waals surface area contributed by atoms with Crippen molar-refractivity contribution in [3.63, 3.8) is 0 Å². The average molecular weight is 339 g/mol. The minimum absolute atomic E-state index is 0.146. The Balaban J connectivity index is 2.36. The van der Waals surface area contributed by atoms with E-state index >= 15 is 0 Å². The normalized spacial score (nSPS) is 12.1. The quantitative estimate of drug-likeness (QED) is 0.924. The lowest BCUT2D eigenvalue weighted by Gasteiger charge is -2.27. The first-order valence-corrected chi connectivity index (χ1v) is 7.01. The van der Waals surface area contributed by atoms with E-state index in [0.29, 0.717) is 17.2 Å². The number of hydrogen-bond donors (Lipinski definition) is 1. The van der Waals surface area contributed by atoms with Crippen molar-refractivity contribution in [3.8, 4) is 0 Å². The Bertz CT molecular complexity index is 605. The molecule has 1 heterocycles. The fourth-order valence-corrected chi connectivity index (χ4v) is 2.67. The van der Waals surface area contributed by atoms with Crippen LogP contribution in [-0.2, 0) is 0 Å². The maximum atomic E-state index is 13.9. The van der Waals surface area contributed by atoms with Gasteiger partial charge in [-0.3, -0.25) is 0 Å². The largest absolute Gasteiger partial charge is 0.372 e. The SMILES string of the molecule is CNc1ncnc(N(C)C(C)c2ccccc2F)c1Br. The van der Waals surface area contributed by atoms with Crippen molar-refractivity contribution in [1.29, 1.82) is 0 Å². The van der Waals surface area contributed by atoms with Crippen LogP contribution in [0.1, 0.15) is 18.5 Å². The van der Waals surface area contributed by atoms with E-state index in [1.807, 2.05) is 24.9 Å². The third-order valence-electron chi connectivity index (χ3n) is 3.28. The third kappa shape index (κ3) is 2.75. The summed E-state index contributed by atoms with van der Waals surface area (Å²) in [6.07, 6.45) is 1.48. The Labute approximate surface area is 126 Å². The molecule has 2 aromatic rings. The van der Waals surface area contributed by atoms with Gasteiger partial charge in [-0.1, -0.05) is 18.2 Å². The summed E-state index contributed by atoms with van der Waals surface area (Å²) in [5, 5.41) is 2.98. The van der Waals surface area contributed by atoms with Crippen LogP contribution >= 0.6 is 15.9 Å². The van der Waals surface area contributed by atoms with Crippen molar-refractivity contribution in [3.05, 3.63) is 46.4 Å². The number of benzene rings is 1. The van der Waals surface area contributed by atoms with Crippen LogP contribution in [0, 0.1) is 5.82 Å². The van der Waals surface area contributed by atoms with Gasteiger partial charge >= 0.3 is 0 Å². The van der Waals surface area contributed by atoms with E-state index in [0.717, 1.165) is 4.47 Å². The van der Waals surface area contributed by atoms with E-state index in [2.05, 4.69) is 31.2 Å². The molecule has 1 aromatic heterocycles. The molecule has 0 fully saturated rings. The summed E-state index contributed by atoms with van der Waals surface area (Å²) in [6, 6.07) is 6.62. The van der Waals surface area contributed by atoms with Crippen LogP contribution in [0.2, 0.25) is 0 Å². The highest BCUT2D eigenvalue weighted by atomic mass is 79.9. The van der Waals surface area contributed by atoms with Gasteiger partial charge in [-0.2, -0.15) is 0 Å². The van der Waals surface area contributed by atoms with E-state index in [1.165, 1.54) is 12.4 Å². The Morgan fingerprint density at radius 3 is 2.65 bits per heavy atom. The van der Waals surface area contributed by atoms with Gasteiger partial charge in [0, 0.05) is 19.7 Å². The standard InChI is InChI=1S/C14H16BrFN4/c1-9(10-6-4-5-7-11(10)16)20(3)14-12(15)13(17-2)18-8-19-14/h4-9H,1-3H3,(H,17,18,19). The van der Waals surface area contributed by atoms with Crippen LogP contribution in [0.25, 0.3) is 0 Å². The molecule has 1 aromatic carbocycles. The minimum atomic E-state index is -0.217. The van der Waals surface area contributed by atoms with Crippen molar-refractivity contribution in [2.75, 3.05) is 24.3 Å². The van der Waals surface area contributed by atoms with Gasteiger partial charge in [-0.15, -0.1) is 0 Å². The molecule has 1 atom stereocenters. The average Bonchev–Trinajstić information content (AvgIpc) is 2.46. The summed E-state index contributed by atoms with van der Waals surface area (Å²) in [5.74, 6) is 1.19. The van der Waals surface area contributed by atoms with Gasteiger partial charge in [0.1, 0.15) is 28.3 Å². The molecule has 20 heavy (non-hydrogen) atoms. The lowest BCUT2D eigenvalue weighted by atomic mass is 10.1. The van der Waals surface area contributed by atoms with Crippen molar-refractivity contribution in [2.24, 2.45) is 0 Å². The maximum absolute atomic E-state index is 13.9. The molecule has 2 rings (SSSR count). The summed E-state index contributed by atoms with van der Waals surface area (Å²) in [6.45, 7) is 1.94. The first-order chi connectivity index (χ1) is 9.56. The summed E-state index contributed by atoms with van der Waals surface area (Å²) in [5.41, 5.74) is 0.631. The second-order valence-electron chi connectivity index (χ2n) is 4.42. The van der Waals surface area contributed by atoms with Crippen LogP contribution in [0.3, 0.4) is 0 Å². The van der Waals surface area contributed by atoms with Crippen LogP contribution in [0.5, 0.6) is 0 Å². The fraction of sp³-hybridized carbons (Fsp3) is 0.286. The summed E-state index contributed by atoms with van der Waals surface area (Å²) in [4.78, 5) is 10.3. The van der Waals surface area contributed by atoms with Gasteiger partial charge in [0.15, 0.2) is 0 Å². The maximum Gasteiger partial charge on any atom is 0.148 e. The molecule has 0 amide bonds. The Hall–Kier alpha value is -1.69. The molecule has 0 radical (unpaired) electrons. The van der Waals surface area contributed by atoms with E-state index in [-0.39, 0.29) is 11.9 Å². The number of rotatable bonds is 4. The van der Waals surface area contributed by atoms with Crippen LogP contribution in [0.15, 0.2) is 35.1 Å². The van der Waals surface area contributed by atoms with E-state index < -0.39 is 0 Å². The molecule has 0 saturated carbocycles. The number of anilines is 2. The Kier molecular flexibility index (Phi) is 4.54. The zero-order chi connectivity index (χ0) is 14.7. The predicted molar refractivity (Wildman–Crippen MR) is 82.5 cm³/mol. The van der Waals surface area contributed by atoms with Crippen LogP contribution in [0.4, 0.5) is 16.0 Å². The lowest BCUT2D eigenvalue weighted by Crippen LogP contribution is -2.24. The second-order valence-corrected chi connectivity index (χ2v) is 5.21. The molecular weight excluding hydrogens is 323 g/mol. The highest BCUT2D eigenvalue weighted by Gasteiger charge is 2.20. The summed E-state index contributed by atoms with van der Waals surface area (Å²) >= 11 is 3.48. The third-order valence-corrected chi connectivity index (χ3v) is 4.01. The molecule has 0 saturated heterocycles. The van der Waals surface area contributed by atoms with Crippen molar-refractivity contribution in [1.82, 2.24) is 9.97 Å². The van der Waals surface area contributed by atoms with E-state index in [4.69, 9.17) is 0 Å². The summed E-state index contributed by atoms with van der Waals surface area (Å²) in [7, 11) is 3.67. The zero-order valence-corrected chi connectivity index (χ0v) is 13.1. The van der Waals surface area contributed by atoms with Gasteiger partial charge < -0.3 is 10.2 Å². The van der Waals surface area contributed by atoms with Gasteiger partial charge in [0.2, 0.25) is 0 Å². The number of hydrogen-bond acceptors (Lipinski definition) is 4. The number of halogens is 2. The van der Waals surface area contributed by atoms with Gasteiger partial charge in [0.05, 0.1) is 6.04 Å². The van der Waals surface area contributed by atoms with Crippen LogP contribution in [-0.4, -0.2) is 24.1 Å². The molecule has 4 nitrogen and oxygen atoms in total. The molecule has 0 bridgehead atoms. The van der Waals surface area contributed by atoms with E-state index in [9.17, 15) is 4.39 Å². The zero-order valence-electron chi connectivity index (χ0n) is 11.6. The lowest BCUT2D eigenvalue weighted by molar-refractivity contribution is 0.584. The number of nitrogens with one attached hydrogen (secondary N) is 1. The molecule has 0 aliphatic carbocycles.